The third kappa shape index (κ3) is 12.1. The van der Waals surface area contributed by atoms with Gasteiger partial charge >= 0.3 is 23.5 Å². The van der Waals surface area contributed by atoms with E-state index in [2.05, 4.69) is 28.5 Å². The molecule has 0 spiro atoms. The fraction of sp³-hybridized carbons (Fsp3) is 0.955. The predicted molar refractivity (Wildman–Crippen MR) is 148 cm³/mol. The molecule has 0 aromatic heterocycles. The number of nitrogens with zero attached hydrogens (tertiary/aromatic N) is 3. The minimum Gasteiger partial charge on any atom is -0.396 e. The van der Waals surface area contributed by atoms with Gasteiger partial charge in [0.2, 0.25) is 5.91 Å². The first-order valence-corrected chi connectivity index (χ1v) is 18.6. The zero-order valence-electron chi connectivity index (χ0n) is 23.8. The predicted octanol–water partition coefficient (Wildman–Crippen LogP) is 3.66. The van der Waals surface area contributed by atoms with Gasteiger partial charge in [0, 0.05) is 37.5 Å². The molecule has 7 atom stereocenters. The van der Waals surface area contributed by atoms with Gasteiger partial charge < -0.3 is 34.6 Å². The fourth-order valence-corrected chi connectivity index (χ4v) is 8.88. The van der Waals surface area contributed by atoms with Crippen molar-refractivity contribution in [2.75, 3.05) is 26.9 Å². The summed E-state index contributed by atoms with van der Waals surface area (Å²) in [4.78, 5) is 44.1. The van der Waals surface area contributed by atoms with E-state index in [-0.39, 0.29) is 43.4 Å². The van der Waals surface area contributed by atoms with E-state index in [4.69, 9.17) is 24.6 Å². The summed E-state index contributed by atoms with van der Waals surface area (Å²) in [7, 11) is -15.2. The maximum absolute atomic E-state index is 12.5. The zero-order valence-corrected chi connectivity index (χ0v) is 26.5. The van der Waals surface area contributed by atoms with E-state index in [1.165, 1.54) is 0 Å². The first kappa shape index (κ1) is 36.5. The Kier molecular flexibility index (Phi) is 14.1. The number of ether oxygens (including phenoxy) is 2. The highest BCUT2D eigenvalue weighted by atomic mass is 31.3. The zero-order chi connectivity index (χ0) is 31.7. The van der Waals surface area contributed by atoms with E-state index in [9.17, 15) is 33.2 Å². The van der Waals surface area contributed by atoms with Gasteiger partial charge in [-0.2, -0.15) is 8.62 Å². The van der Waals surface area contributed by atoms with Crippen LogP contribution in [0, 0.1) is 17.8 Å². The van der Waals surface area contributed by atoms with Crippen molar-refractivity contribution in [2.45, 2.75) is 88.7 Å². The van der Waals surface area contributed by atoms with Crippen LogP contribution in [0.25, 0.3) is 10.4 Å². The Morgan fingerprint density at radius 3 is 2.40 bits per heavy atom. The lowest BCUT2D eigenvalue weighted by Gasteiger charge is -2.34. The number of nitrogens with one attached hydrogen (secondary N) is 1. The molecule has 2 saturated carbocycles. The van der Waals surface area contributed by atoms with Crippen LogP contribution >= 0.6 is 23.5 Å². The molecule has 2 aliphatic carbocycles. The summed E-state index contributed by atoms with van der Waals surface area (Å²) in [6.07, 6.45) is 4.38. The molecular weight excluding hydrogens is 637 g/mol. The summed E-state index contributed by atoms with van der Waals surface area (Å²) >= 11 is 0. The lowest BCUT2D eigenvalue weighted by Crippen LogP contribution is -2.40. The Hall–Kier alpha value is -0.930. The summed E-state index contributed by atoms with van der Waals surface area (Å²) in [5.74, 6) is 0.417. The topological polar surface area (TPSA) is 265 Å². The number of hydrogen-bond acceptors (Lipinski definition) is 12. The summed E-state index contributed by atoms with van der Waals surface area (Å²) < 4.78 is 64.6. The molecule has 1 amide bonds. The largest absolute Gasteiger partial charge is 0.490 e. The van der Waals surface area contributed by atoms with Crippen LogP contribution in [0.3, 0.4) is 0 Å². The van der Waals surface area contributed by atoms with Gasteiger partial charge in [-0.1, -0.05) is 18.0 Å². The molecule has 3 rings (SSSR count). The quantitative estimate of drug-likeness (QED) is 0.0565. The molecule has 248 valence electrons. The van der Waals surface area contributed by atoms with E-state index in [0.29, 0.717) is 25.9 Å². The van der Waals surface area contributed by atoms with Crippen molar-refractivity contribution in [3.63, 3.8) is 0 Å². The van der Waals surface area contributed by atoms with Crippen molar-refractivity contribution in [3.8, 4) is 0 Å². The van der Waals surface area contributed by atoms with Crippen molar-refractivity contribution < 1.29 is 65.4 Å². The second-order valence-corrected chi connectivity index (χ2v) is 15.6. The molecule has 0 aromatic rings. The number of phosphoric acid groups is 3. The molecule has 18 nitrogen and oxygen atoms in total. The smallest absolute Gasteiger partial charge is 0.396 e. The van der Waals surface area contributed by atoms with Gasteiger partial charge in [-0.3, -0.25) is 13.8 Å². The molecule has 0 aromatic carbocycles. The molecule has 3 aliphatic rings. The van der Waals surface area contributed by atoms with Gasteiger partial charge in [0.05, 0.1) is 18.8 Å². The molecule has 3 fully saturated rings. The van der Waals surface area contributed by atoms with Crippen molar-refractivity contribution in [3.05, 3.63) is 10.4 Å². The van der Waals surface area contributed by atoms with Crippen molar-refractivity contribution in [2.24, 2.45) is 22.9 Å². The number of azide groups is 1. The maximum Gasteiger partial charge on any atom is 0.490 e. The number of hydrogen-bond donors (Lipinski definition) is 5. The van der Waals surface area contributed by atoms with Crippen LogP contribution in [0.5, 0.6) is 0 Å². The average molecular weight is 679 g/mol. The summed E-state index contributed by atoms with van der Waals surface area (Å²) in [5, 5.41) is 15.4. The standard InChI is InChI=1S/C22H41N4O14P3/c1-35-41(29,30)39-43(33,34)40-42(31,32)36-14-20-19(13-18(37-20)16-6-2-3-7-16)38-21(25-26-23)8-9-24-22(28)17-11-15(12-17)5-4-10-27/h15-21,27H,2-14H2,1H3,(H,24,28)(H,29,30)(H,31,32)(H,33,34)/t15?,17?,18-,19?,20-,21?/m1/s1. The molecular formula is C22H41N4O14P3. The van der Waals surface area contributed by atoms with Gasteiger partial charge in [0.25, 0.3) is 0 Å². The van der Waals surface area contributed by atoms with Gasteiger partial charge in [0.15, 0.2) is 0 Å². The number of phosphoric ester groups is 2. The van der Waals surface area contributed by atoms with Crippen molar-refractivity contribution in [1.82, 2.24) is 5.32 Å². The van der Waals surface area contributed by atoms with Crippen molar-refractivity contribution in [1.29, 1.82) is 0 Å². The molecule has 5 unspecified atom stereocenters. The SMILES string of the molecule is COP(=O)(O)OP(=O)(O)OP(=O)(O)OC[C@H]1O[C@@H](C2CCCC2)CC1OC(CCNC(=O)C1CC(CCCO)C1)N=[N+]=[N-]. The molecule has 1 aliphatic heterocycles. The van der Waals surface area contributed by atoms with E-state index >= 15 is 0 Å². The number of aliphatic hydroxyl groups excluding tert-OH is 1. The van der Waals surface area contributed by atoms with Crippen LogP contribution in [0.4, 0.5) is 0 Å². The van der Waals surface area contributed by atoms with E-state index < -0.39 is 48.5 Å². The summed E-state index contributed by atoms with van der Waals surface area (Å²) in [6, 6.07) is 0. The van der Waals surface area contributed by atoms with Crippen LogP contribution in [-0.4, -0.2) is 77.1 Å². The normalized spacial score (nSPS) is 30.8. The first-order valence-electron chi connectivity index (χ1n) is 14.1. The summed E-state index contributed by atoms with van der Waals surface area (Å²) in [6.45, 7) is -0.352. The van der Waals surface area contributed by atoms with Crippen LogP contribution in [0.2, 0.25) is 0 Å². The first-order chi connectivity index (χ1) is 20.3. The van der Waals surface area contributed by atoms with E-state index in [1.54, 1.807) is 0 Å². The number of aliphatic hydroxyl groups is 1. The third-order valence-corrected chi connectivity index (χ3v) is 12.0. The van der Waals surface area contributed by atoms with Crippen LogP contribution in [-0.2, 0) is 45.6 Å². The molecule has 1 saturated heterocycles. The van der Waals surface area contributed by atoms with E-state index in [0.717, 1.165) is 44.9 Å². The molecule has 21 heteroatoms. The minimum absolute atomic E-state index is 0.103. The average Bonchev–Trinajstić information content (AvgIpc) is 3.56. The Morgan fingerprint density at radius 1 is 1.09 bits per heavy atom. The molecule has 1 heterocycles. The Bertz CT molecular complexity index is 1110. The molecule has 43 heavy (non-hydrogen) atoms. The minimum atomic E-state index is -5.57. The fourth-order valence-electron chi connectivity index (χ4n) is 5.61. The lowest BCUT2D eigenvalue weighted by atomic mass is 9.72. The highest BCUT2D eigenvalue weighted by Gasteiger charge is 2.45. The highest BCUT2D eigenvalue weighted by molar-refractivity contribution is 7.66. The second-order valence-electron chi connectivity index (χ2n) is 10.9. The number of carbonyl (C=O) groups is 1. The van der Waals surface area contributed by atoms with Gasteiger partial charge in [0.1, 0.15) is 12.3 Å². The second kappa shape index (κ2) is 16.6. The van der Waals surface area contributed by atoms with Gasteiger partial charge in [-0.05, 0) is 62.3 Å². The Balaban J connectivity index is 1.56. The third-order valence-electron chi connectivity index (χ3n) is 7.78. The summed E-state index contributed by atoms with van der Waals surface area (Å²) in [5.41, 5.74) is 9.08. The monoisotopic (exact) mass is 678 g/mol. The Morgan fingerprint density at radius 2 is 1.77 bits per heavy atom. The number of rotatable bonds is 19. The highest BCUT2D eigenvalue weighted by Crippen LogP contribution is 2.67. The molecule has 0 bridgehead atoms. The maximum atomic E-state index is 12.5. The van der Waals surface area contributed by atoms with Crippen molar-refractivity contribution >= 4 is 29.4 Å². The van der Waals surface area contributed by atoms with Gasteiger partial charge in [-0.25, -0.2) is 13.7 Å². The van der Waals surface area contributed by atoms with Crippen LogP contribution < -0.4 is 5.32 Å². The lowest BCUT2D eigenvalue weighted by molar-refractivity contribution is -0.129. The van der Waals surface area contributed by atoms with Gasteiger partial charge in [-0.15, -0.1) is 0 Å². The van der Waals surface area contributed by atoms with Crippen LogP contribution in [0.1, 0.15) is 64.2 Å². The van der Waals surface area contributed by atoms with E-state index in [1.807, 2.05) is 0 Å². The Labute approximate surface area is 249 Å². The number of amides is 1. The van der Waals surface area contributed by atoms with Crippen LogP contribution in [0.15, 0.2) is 5.11 Å². The molecule has 0 radical (unpaired) electrons. The number of carbonyl (C=O) groups excluding carboxylic acids is 1. The molecule has 5 N–H and O–H groups in total.